The van der Waals surface area contributed by atoms with Crippen LogP contribution in [-0.4, -0.2) is 26.3 Å². The molecule has 0 aliphatic carbocycles. The molecule has 0 fully saturated rings. The van der Waals surface area contributed by atoms with Crippen LogP contribution in [0.15, 0.2) is 59.8 Å². The predicted octanol–water partition coefficient (Wildman–Crippen LogP) is 4.00. The monoisotopic (exact) mass is 328 g/mol. The smallest absolute Gasteiger partial charge is 0.358 e. The number of anilines is 1. The number of hydrogen-bond acceptors (Lipinski definition) is 4. The van der Waals surface area contributed by atoms with Crippen molar-refractivity contribution >= 4 is 35.5 Å². The van der Waals surface area contributed by atoms with Crippen LogP contribution in [0.25, 0.3) is 6.08 Å². The first-order chi connectivity index (χ1) is 11.0. The summed E-state index contributed by atoms with van der Waals surface area (Å²) in [7, 11) is 3.94. The van der Waals surface area contributed by atoms with Crippen molar-refractivity contribution in [2.24, 2.45) is 5.16 Å². The third kappa shape index (κ3) is 5.60. The predicted molar refractivity (Wildman–Crippen MR) is 94.9 cm³/mol. The number of rotatable bonds is 5. The van der Waals surface area contributed by atoms with E-state index >= 15 is 0 Å². The molecule has 0 saturated heterocycles. The topological polar surface area (TPSA) is 41.9 Å². The van der Waals surface area contributed by atoms with Crippen LogP contribution in [0, 0.1) is 0 Å². The Morgan fingerprint density at radius 2 is 1.87 bits per heavy atom. The van der Waals surface area contributed by atoms with Crippen LogP contribution in [-0.2, 0) is 9.63 Å². The van der Waals surface area contributed by atoms with E-state index in [1.807, 2.05) is 55.4 Å². The number of hydrogen-bond donors (Lipinski definition) is 0. The zero-order chi connectivity index (χ0) is 16.7. The SMILES string of the molecule is CN(C)c1ccc(/C=N/OC(=O)/C=C/c2cccc(Cl)c2)cc1. The van der Waals surface area contributed by atoms with Crippen molar-refractivity contribution in [1.82, 2.24) is 0 Å². The first-order valence-corrected chi connectivity index (χ1v) is 7.38. The van der Waals surface area contributed by atoms with Gasteiger partial charge in [-0.15, -0.1) is 0 Å². The van der Waals surface area contributed by atoms with E-state index in [4.69, 9.17) is 16.4 Å². The highest BCUT2D eigenvalue weighted by Crippen LogP contribution is 2.12. The minimum atomic E-state index is -0.550. The molecule has 0 radical (unpaired) electrons. The summed E-state index contributed by atoms with van der Waals surface area (Å²) in [6, 6.07) is 14.9. The second-order valence-electron chi connectivity index (χ2n) is 5.02. The molecule has 0 bridgehead atoms. The normalized spacial score (nSPS) is 11.1. The Morgan fingerprint density at radius 1 is 1.13 bits per heavy atom. The van der Waals surface area contributed by atoms with E-state index in [2.05, 4.69) is 5.16 Å². The molecule has 0 amide bonds. The Morgan fingerprint density at radius 3 is 2.52 bits per heavy atom. The lowest BCUT2D eigenvalue weighted by molar-refractivity contribution is -0.137. The Labute approximate surface area is 140 Å². The minimum Gasteiger partial charge on any atom is -0.378 e. The molecule has 0 aromatic heterocycles. The van der Waals surface area contributed by atoms with Gasteiger partial charge in [0.15, 0.2) is 0 Å². The van der Waals surface area contributed by atoms with Gasteiger partial charge >= 0.3 is 5.97 Å². The van der Waals surface area contributed by atoms with Crippen LogP contribution in [0.2, 0.25) is 5.02 Å². The van der Waals surface area contributed by atoms with Gasteiger partial charge in [0.25, 0.3) is 0 Å². The van der Waals surface area contributed by atoms with Crippen molar-refractivity contribution in [3.8, 4) is 0 Å². The van der Waals surface area contributed by atoms with Crippen molar-refractivity contribution in [3.63, 3.8) is 0 Å². The summed E-state index contributed by atoms with van der Waals surface area (Å²) in [5.74, 6) is -0.550. The van der Waals surface area contributed by atoms with Gasteiger partial charge in [0.2, 0.25) is 0 Å². The van der Waals surface area contributed by atoms with E-state index in [1.54, 1.807) is 18.2 Å². The molecule has 118 valence electrons. The van der Waals surface area contributed by atoms with Crippen molar-refractivity contribution in [2.45, 2.75) is 0 Å². The standard InChI is InChI=1S/C18H17ClN2O2/c1-21(2)17-9-6-15(7-10-17)13-20-23-18(22)11-8-14-4-3-5-16(19)12-14/h3-13H,1-2H3/b11-8+,20-13+. The molecule has 2 rings (SSSR count). The van der Waals surface area contributed by atoms with Gasteiger partial charge < -0.3 is 9.74 Å². The average molecular weight is 329 g/mol. The summed E-state index contributed by atoms with van der Waals surface area (Å²) in [5.41, 5.74) is 2.75. The molecule has 0 unspecified atom stereocenters. The molecule has 4 nitrogen and oxygen atoms in total. The summed E-state index contributed by atoms with van der Waals surface area (Å²) in [5, 5.41) is 4.29. The lowest BCUT2D eigenvalue weighted by Crippen LogP contribution is -2.08. The Bertz CT molecular complexity index is 722. The fourth-order valence-corrected chi connectivity index (χ4v) is 2.00. The van der Waals surface area contributed by atoms with E-state index < -0.39 is 5.97 Å². The highest BCUT2D eigenvalue weighted by Gasteiger charge is 1.97. The second-order valence-corrected chi connectivity index (χ2v) is 5.46. The molecule has 0 aliphatic rings. The van der Waals surface area contributed by atoms with Crippen molar-refractivity contribution in [3.05, 3.63) is 70.8 Å². The third-order valence-electron chi connectivity index (χ3n) is 3.01. The van der Waals surface area contributed by atoms with Gasteiger partial charge in [0, 0.05) is 30.9 Å². The Kier molecular flexibility index (Phi) is 5.94. The number of benzene rings is 2. The van der Waals surface area contributed by atoms with Gasteiger partial charge in [-0.3, -0.25) is 0 Å². The van der Waals surface area contributed by atoms with Gasteiger partial charge in [-0.2, -0.15) is 0 Å². The van der Waals surface area contributed by atoms with E-state index in [1.165, 1.54) is 12.3 Å². The molecule has 5 heteroatoms. The number of oxime groups is 1. The third-order valence-corrected chi connectivity index (χ3v) is 3.25. The van der Waals surface area contributed by atoms with E-state index in [9.17, 15) is 4.79 Å². The first-order valence-electron chi connectivity index (χ1n) is 7.00. The average Bonchev–Trinajstić information content (AvgIpc) is 2.53. The second kappa shape index (κ2) is 8.15. The van der Waals surface area contributed by atoms with Crippen LogP contribution in [0.4, 0.5) is 5.69 Å². The van der Waals surface area contributed by atoms with Gasteiger partial charge in [-0.05, 0) is 41.5 Å². The molecule has 0 heterocycles. The molecule has 0 N–H and O–H groups in total. The highest BCUT2D eigenvalue weighted by molar-refractivity contribution is 6.30. The number of carbonyl (C=O) groups is 1. The fraction of sp³-hybridized carbons (Fsp3) is 0.111. The Balaban J connectivity index is 1.88. The van der Waals surface area contributed by atoms with Crippen molar-refractivity contribution < 1.29 is 9.63 Å². The summed E-state index contributed by atoms with van der Waals surface area (Å²) in [6.45, 7) is 0. The van der Waals surface area contributed by atoms with E-state index in [0.29, 0.717) is 5.02 Å². The van der Waals surface area contributed by atoms with Crippen LogP contribution in [0.3, 0.4) is 0 Å². The van der Waals surface area contributed by atoms with Crippen LogP contribution >= 0.6 is 11.6 Å². The van der Waals surface area contributed by atoms with Crippen molar-refractivity contribution in [2.75, 3.05) is 19.0 Å². The van der Waals surface area contributed by atoms with Crippen molar-refractivity contribution in [1.29, 1.82) is 0 Å². The van der Waals surface area contributed by atoms with Gasteiger partial charge in [-0.25, -0.2) is 4.79 Å². The summed E-state index contributed by atoms with van der Waals surface area (Å²) < 4.78 is 0. The highest BCUT2D eigenvalue weighted by atomic mass is 35.5. The van der Waals surface area contributed by atoms with Gasteiger partial charge in [0.05, 0.1) is 6.21 Å². The molecular formula is C18H17ClN2O2. The molecule has 0 aliphatic heterocycles. The first kappa shape index (κ1) is 16.8. The maximum absolute atomic E-state index is 11.6. The maximum atomic E-state index is 11.6. The summed E-state index contributed by atoms with van der Waals surface area (Å²) in [6.07, 6.45) is 4.41. The zero-order valence-electron chi connectivity index (χ0n) is 12.9. The zero-order valence-corrected chi connectivity index (χ0v) is 13.7. The molecule has 23 heavy (non-hydrogen) atoms. The quantitative estimate of drug-likeness (QED) is 0.360. The Hall–Kier alpha value is -2.59. The molecular weight excluding hydrogens is 312 g/mol. The maximum Gasteiger partial charge on any atom is 0.358 e. The molecule has 0 atom stereocenters. The minimum absolute atomic E-state index is 0.550. The lowest BCUT2D eigenvalue weighted by Gasteiger charge is -2.11. The molecule has 2 aromatic carbocycles. The molecule has 2 aromatic rings. The number of halogens is 1. The van der Waals surface area contributed by atoms with Gasteiger partial charge in [-0.1, -0.05) is 41.0 Å². The lowest BCUT2D eigenvalue weighted by atomic mass is 10.2. The number of carbonyl (C=O) groups excluding carboxylic acids is 1. The van der Waals surface area contributed by atoms with Crippen LogP contribution < -0.4 is 4.90 Å². The van der Waals surface area contributed by atoms with Crippen LogP contribution in [0.5, 0.6) is 0 Å². The van der Waals surface area contributed by atoms with E-state index in [0.717, 1.165) is 16.8 Å². The molecule has 0 saturated carbocycles. The van der Waals surface area contributed by atoms with Crippen LogP contribution in [0.1, 0.15) is 11.1 Å². The van der Waals surface area contributed by atoms with Gasteiger partial charge in [0.1, 0.15) is 0 Å². The fourth-order valence-electron chi connectivity index (χ4n) is 1.80. The summed E-state index contributed by atoms with van der Waals surface area (Å²) in [4.78, 5) is 18.3. The van der Waals surface area contributed by atoms with E-state index in [-0.39, 0.29) is 0 Å². The molecule has 0 spiro atoms. The largest absolute Gasteiger partial charge is 0.378 e. The number of nitrogens with zero attached hydrogens (tertiary/aromatic N) is 2. The summed E-state index contributed by atoms with van der Waals surface area (Å²) >= 11 is 5.87.